The van der Waals surface area contributed by atoms with Crippen LogP contribution in [0.25, 0.3) is 5.69 Å². The SMILES string of the molecule is CN(CCNC(=O)c1cnn(-c2ccc(Br)cc2)c1)c1ccccc1. The maximum Gasteiger partial charge on any atom is 0.254 e. The van der Waals surface area contributed by atoms with Gasteiger partial charge in [-0.25, -0.2) is 4.68 Å². The Kier molecular flexibility index (Phi) is 5.50. The normalized spacial score (nSPS) is 10.5. The van der Waals surface area contributed by atoms with Crippen molar-refractivity contribution in [1.29, 1.82) is 0 Å². The molecule has 25 heavy (non-hydrogen) atoms. The van der Waals surface area contributed by atoms with Gasteiger partial charge in [0.1, 0.15) is 0 Å². The average Bonchev–Trinajstić information content (AvgIpc) is 3.13. The van der Waals surface area contributed by atoms with Crippen LogP contribution in [-0.4, -0.2) is 35.8 Å². The van der Waals surface area contributed by atoms with E-state index in [0.29, 0.717) is 12.1 Å². The van der Waals surface area contributed by atoms with Gasteiger partial charge in [-0.1, -0.05) is 34.1 Å². The smallest absolute Gasteiger partial charge is 0.254 e. The molecule has 128 valence electrons. The van der Waals surface area contributed by atoms with Gasteiger partial charge in [-0.05, 0) is 36.4 Å². The zero-order valence-electron chi connectivity index (χ0n) is 13.9. The summed E-state index contributed by atoms with van der Waals surface area (Å²) in [5.74, 6) is -0.121. The third-order valence-corrected chi connectivity index (χ3v) is 4.39. The van der Waals surface area contributed by atoms with Crippen LogP contribution in [0.4, 0.5) is 5.69 Å². The zero-order chi connectivity index (χ0) is 17.6. The van der Waals surface area contributed by atoms with Crippen molar-refractivity contribution in [3.63, 3.8) is 0 Å². The summed E-state index contributed by atoms with van der Waals surface area (Å²) in [5, 5.41) is 7.19. The molecular weight excluding hydrogens is 380 g/mol. The highest BCUT2D eigenvalue weighted by atomic mass is 79.9. The molecule has 0 bridgehead atoms. The molecule has 0 aliphatic rings. The molecule has 0 saturated carbocycles. The van der Waals surface area contributed by atoms with Crippen LogP contribution in [0.1, 0.15) is 10.4 Å². The molecule has 3 aromatic rings. The molecule has 0 spiro atoms. The van der Waals surface area contributed by atoms with E-state index < -0.39 is 0 Å². The summed E-state index contributed by atoms with van der Waals surface area (Å²) < 4.78 is 2.70. The van der Waals surface area contributed by atoms with Crippen LogP contribution in [0.5, 0.6) is 0 Å². The molecule has 2 aromatic carbocycles. The summed E-state index contributed by atoms with van der Waals surface area (Å²) in [4.78, 5) is 14.4. The Balaban J connectivity index is 1.54. The van der Waals surface area contributed by atoms with Crippen molar-refractivity contribution < 1.29 is 4.79 Å². The van der Waals surface area contributed by atoms with Crippen LogP contribution in [0, 0.1) is 0 Å². The van der Waals surface area contributed by atoms with Crippen molar-refractivity contribution in [1.82, 2.24) is 15.1 Å². The highest BCUT2D eigenvalue weighted by Gasteiger charge is 2.09. The summed E-state index contributed by atoms with van der Waals surface area (Å²) >= 11 is 3.41. The lowest BCUT2D eigenvalue weighted by Gasteiger charge is -2.19. The first kappa shape index (κ1) is 17.2. The Bertz CT molecular complexity index is 830. The minimum absolute atomic E-state index is 0.121. The summed E-state index contributed by atoms with van der Waals surface area (Å²) in [6, 6.07) is 17.8. The van der Waals surface area contributed by atoms with Gasteiger partial charge in [0, 0.05) is 36.5 Å². The molecule has 0 fully saturated rings. The monoisotopic (exact) mass is 398 g/mol. The van der Waals surface area contributed by atoms with Gasteiger partial charge >= 0.3 is 0 Å². The standard InChI is InChI=1S/C19H19BrN4O/c1-23(17-5-3-2-4-6-17)12-11-21-19(25)15-13-22-24(14-15)18-9-7-16(20)8-10-18/h2-10,13-14H,11-12H2,1H3,(H,21,25). The molecule has 0 radical (unpaired) electrons. The van der Waals surface area contributed by atoms with E-state index in [0.717, 1.165) is 22.4 Å². The lowest BCUT2D eigenvalue weighted by molar-refractivity contribution is 0.0954. The van der Waals surface area contributed by atoms with Crippen molar-refractivity contribution in [2.75, 3.05) is 25.0 Å². The van der Waals surface area contributed by atoms with Gasteiger partial charge in [0.15, 0.2) is 0 Å². The number of rotatable bonds is 6. The number of aromatic nitrogens is 2. The maximum atomic E-state index is 12.3. The number of nitrogens with one attached hydrogen (secondary N) is 1. The number of para-hydroxylation sites is 1. The first-order valence-electron chi connectivity index (χ1n) is 7.98. The second kappa shape index (κ2) is 7.98. The van der Waals surface area contributed by atoms with Crippen LogP contribution >= 0.6 is 15.9 Å². The maximum absolute atomic E-state index is 12.3. The van der Waals surface area contributed by atoms with E-state index in [9.17, 15) is 4.79 Å². The van der Waals surface area contributed by atoms with E-state index >= 15 is 0 Å². The van der Waals surface area contributed by atoms with Crippen LogP contribution < -0.4 is 10.2 Å². The Morgan fingerprint density at radius 3 is 2.60 bits per heavy atom. The number of nitrogens with zero attached hydrogens (tertiary/aromatic N) is 3. The van der Waals surface area contributed by atoms with Gasteiger partial charge in [0.2, 0.25) is 0 Å². The molecule has 0 unspecified atom stereocenters. The third-order valence-electron chi connectivity index (χ3n) is 3.87. The lowest BCUT2D eigenvalue weighted by atomic mass is 10.3. The lowest BCUT2D eigenvalue weighted by Crippen LogP contribution is -2.32. The van der Waals surface area contributed by atoms with Gasteiger partial charge in [0.25, 0.3) is 5.91 Å². The van der Waals surface area contributed by atoms with E-state index in [-0.39, 0.29) is 5.91 Å². The van der Waals surface area contributed by atoms with Crippen molar-refractivity contribution in [2.45, 2.75) is 0 Å². The number of likely N-dealkylation sites (N-methyl/N-ethyl adjacent to an activating group) is 1. The van der Waals surface area contributed by atoms with Crippen LogP contribution in [-0.2, 0) is 0 Å². The predicted octanol–water partition coefficient (Wildman–Crippen LogP) is 3.50. The van der Waals surface area contributed by atoms with Gasteiger partial charge < -0.3 is 10.2 Å². The zero-order valence-corrected chi connectivity index (χ0v) is 15.5. The van der Waals surface area contributed by atoms with Crippen molar-refractivity contribution >= 4 is 27.5 Å². The van der Waals surface area contributed by atoms with Crippen molar-refractivity contribution in [3.05, 3.63) is 77.0 Å². The largest absolute Gasteiger partial charge is 0.373 e. The topological polar surface area (TPSA) is 50.2 Å². The molecule has 5 nitrogen and oxygen atoms in total. The number of benzene rings is 2. The second-order valence-corrected chi connectivity index (χ2v) is 6.58. The predicted molar refractivity (Wildman–Crippen MR) is 103 cm³/mol. The van der Waals surface area contributed by atoms with E-state index in [1.807, 2.05) is 61.6 Å². The number of hydrogen-bond acceptors (Lipinski definition) is 3. The van der Waals surface area contributed by atoms with Crippen LogP contribution in [0.15, 0.2) is 71.5 Å². The summed E-state index contributed by atoms with van der Waals surface area (Å²) in [6.45, 7) is 1.30. The Morgan fingerprint density at radius 1 is 1.16 bits per heavy atom. The Labute approximate surface area is 155 Å². The summed E-state index contributed by atoms with van der Waals surface area (Å²) in [6.07, 6.45) is 3.32. The molecule has 1 N–H and O–H groups in total. The van der Waals surface area contributed by atoms with E-state index in [4.69, 9.17) is 0 Å². The van der Waals surface area contributed by atoms with E-state index in [2.05, 4.69) is 31.2 Å². The van der Waals surface area contributed by atoms with Gasteiger partial charge in [-0.15, -0.1) is 0 Å². The van der Waals surface area contributed by atoms with Gasteiger partial charge in [-0.2, -0.15) is 5.10 Å². The van der Waals surface area contributed by atoms with Gasteiger partial charge in [0.05, 0.1) is 17.4 Å². The minimum Gasteiger partial charge on any atom is -0.373 e. The fourth-order valence-electron chi connectivity index (χ4n) is 2.43. The van der Waals surface area contributed by atoms with E-state index in [1.54, 1.807) is 17.1 Å². The summed E-state index contributed by atoms with van der Waals surface area (Å²) in [7, 11) is 2.01. The quantitative estimate of drug-likeness (QED) is 0.691. The molecule has 1 amide bonds. The fraction of sp³-hybridized carbons (Fsp3) is 0.158. The molecule has 1 aromatic heterocycles. The summed E-state index contributed by atoms with van der Waals surface area (Å²) in [5.41, 5.74) is 2.58. The molecule has 1 heterocycles. The fourth-order valence-corrected chi connectivity index (χ4v) is 2.69. The van der Waals surface area contributed by atoms with Crippen molar-refractivity contribution in [3.8, 4) is 5.69 Å². The highest BCUT2D eigenvalue weighted by Crippen LogP contribution is 2.14. The van der Waals surface area contributed by atoms with Gasteiger partial charge in [-0.3, -0.25) is 4.79 Å². The first-order chi connectivity index (χ1) is 12.1. The molecule has 6 heteroatoms. The average molecular weight is 399 g/mol. The van der Waals surface area contributed by atoms with Crippen LogP contribution in [0.2, 0.25) is 0 Å². The molecule has 0 aliphatic carbocycles. The molecule has 0 aliphatic heterocycles. The number of carbonyl (C=O) groups excluding carboxylic acids is 1. The first-order valence-corrected chi connectivity index (χ1v) is 8.78. The molecule has 0 atom stereocenters. The van der Waals surface area contributed by atoms with Crippen molar-refractivity contribution in [2.24, 2.45) is 0 Å². The molecule has 3 rings (SSSR count). The number of carbonyl (C=O) groups is 1. The molecular formula is C19H19BrN4O. The van der Waals surface area contributed by atoms with Crippen LogP contribution in [0.3, 0.4) is 0 Å². The number of anilines is 1. The highest BCUT2D eigenvalue weighted by molar-refractivity contribution is 9.10. The third kappa shape index (κ3) is 4.48. The Morgan fingerprint density at radius 2 is 1.88 bits per heavy atom. The Hall–Kier alpha value is -2.60. The van der Waals surface area contributed by atoms with E-state index in [1.165, 1.54) is 0 Å². The minimum atomic E-state index is -0.121. The number of halogens is 1. The number of hydrogen-bond donors (Lipinski definition) is 1. The number of amides is 1. The second-order valence-electron chi connectivity index (χ2n) is 5.66. The molecule has 0 saturated heterocycles.